The van der Waals surface area contributed by atoms with E-state index >= 15 is 0 Å². The van der Waals surface area contributed by atoms with Crippen LogP contribution in [0.4, 0.5) is 14.6 Å². The van der Waals surface area contributed by atoms with Gasteiger partial charge in [0.1, 0.15) is 30.0 Å². The van der Waals surface area contributed by atoms with E-state index in [4.69, 9.17) is 9.26 Å². The summed E-state index contributed by atoms with van der Waals surface area (Å²) < 4.78 is 40.0. The molecule has 3 aromatic heterocycles. The SMILES string of the molecule is CCOC(=O)CN(C)c1nc(-c2cc(-c3ccon3)n(Cc3ccccc3F)n2)ncc1F. The minimum Gasteiger partial charge on any atom is -0.465 e. The molecule has 0 unspecified atom stereocenters. The number of hydrogen-bond donors (Lipinski definition) is 0. The van der Waals surface area contributed by atoms with E-state index in [2.05, 4.69) is 20.2 Å². The molecule has 0 saturated heterocycles. The van der Waals surface area contributed by atoms with Crippen molar-refractivity contribution < 1.29 is 22.8 Å². The first kappa shape index (κ1) is 22.1. The van der Waals surface area contributed by atoms with Crippen molar-refractivity contribution in [3.63, 3.8) is 0 Å². The number of likely N-dealkylation sites (N-methyl/N-ethyl adjacent to an activating group) is 1. The molecule has 4 aromatic rings. The highest BCUT2D eigenvalue weighted by Gasteiger charge is 2.20. The number of nitrogens with zero attached hydrogens (tertiary/aromatic N) is 6. The predicted octanol–water partition coefficient (Wildman–Crippen LogP) is 3.32. The summed E-state index contributed by atoms with van der Waals surface area (Å²) in [7, 11) is 1.52. The van der Waals surface area contributed by atoms with Crippen LogP contribution in [-0.4, -0.2) is 51.1 Å². The van der Waals surface area contributed by atoms with Gasteiger partial charge in [0.25, 0.3) is 0 Å². The van der Waals surface area contributed by atoms with Crippen molar-refractivity contribution in [2.24, 2.45) is 0 Å². The largest absolute Gasteiger partial charge is 0.465 e. The van der Waals surface area contributed by atoms with Gasteiger partial charge in [-0.3, -0.25) is 9.48 Å². The minimum absolute atomic E-state index is 0.0836. The summed E-state index contributed by atoms with van der Waals surface area (Å²) in [6.07, 6.45) is 2.41. The average Bonchev–Trinajstić information content (AvgIpc) is 3.46. The van der Waals surface area contributed by atoms with Gasteiger partial charge in [0.05, 0.1) is 25.0 Å². The molecule has 0 fully saturated rings. The maximum atomic E-state index is 14.4. The number of benzene rings is 1. The zero-order valence-corrected chi connectivity index (χ0v) is 17.9. The summed E-state index contributed by atoms with van der Waals surface area (Å²) in [5.74, 6) is -1.55. The Morgan fingerprint density at radius 2 is 2.00 bits per heavy atom. The Kier molecular flexibility index (Phi) is 6.38. The van der Waals surface area contributed by atoms with Gasteiger partial charge < -0.3 is 14.2 Å². The van der Waals surface area contributed by atoms with E-state index in [0.29, 0.717) is 22.6 Å². The molecule has 33 heavy (non-hydrogen) atoms. The standard InChI is InChI=1S/C22H20F2N6O3/c1-3-32-20(31)13-29(2)22-16(24)11-25-21(26-22)18-10-19(17-8-9-33-28-17)30(27-18)12-14-6-4-5-7-15(14)23/h4-11H,3,12-13H2,1-2H3. The number of carbonyl (C=O) groups is 1. The zero-order valence-electron chi connectivity index (χ0n) is 17.9. The molecule has 0 bridgehead atoms. The van der Waals surface area contributed by atoms with E-state index in [1.54, 1.807) is 41.9 Å². The molecule has 0 atom stereocenters. The minimum atomic E-state index is -0.701. The average molecular weight is 454 g/mol. The van der Waals surface area contributed by atoms with Gasteiger partial charge in [0, 0.05) is 18.7 Å². The van der Waals surface area contributed by atoms with Crippen molar-refractivity contribution in [1.82, 2.24) is 24.9 Å². The topological polar surface area (TPSA) is 99.2 Å². The lowest BCUT2D eigenvalue weighted by Gasteiger charge is -2.17. The van der Waals surface area contributed by atoms with E-state index in [-0.39, 0.29) is 37.2 Å². The van der Waals surface area contributed by atoms with Crippen LogP contribution in [0.5, 0.6) is 0 Å². The molecule has 11 heteroatoms. The number of rotatable bonds is 8. The van der Waals surface area contributed by atoms with Gasteiger partial charge in [-0.15, -0.1) is 0 Å². The van der Waals surface area contributed by atoms with Gasteiger partial charge in [0.2, 0.25) is 0 Å². The number of aromatic nitrogens is 5. The Bertz CT molecular complexity index is 1260. The van der Waals surface area contributed by atoms with Gasteiger partial charge in [-0.1, -0.05) is 23.4 Å². The van der Waals surface area contributed by atoms with E-state index in [1.165, 1.54) is 24.3 Å². The lowest BCUT2D eigenvalue weighted by molar-refractivity contribution is -0.141. The smallest absolute Gasteiger partial charge is 0.325 e. The van der Waals surface area contributed by atoms with Gasteiger partial charge in [-0.05, 0) is 19.1 Å². The quantitative estimate of drug-likeness (QED) is 0.374. The highest BCUT2D eigenvalue weighted by atomic mass is 19.1. The summed E-state index contributed by atoms with van der Waals surface area (Å²) >= 11 is 0. The van der Waals surface area contributed by atoms with Gasteiger partial charge in [-0.25, -0.2) is 18.7 Å². The van der Waals surface area contributed by atoms with Gasteiger partial charge >= 0.3 is 5.97 Å². The van der Waals surface area contributed by atoms with Crippen molar-refractivity contribution in [2.75, 3.05) is 25.1 Å². The molecule has 4 rings (SSSR count). The van der Waals surface area contributed by atoms with Crippen molar-refractivity contribution in [1.29, 1.82) is 0 Å². The zero-order chi connectivity index (χ0) is 23.4. The fourth-order valence-corrected chi connectivity index (χ4v) is 3.21. The number of hydrogen-bond acceptors (Lipinski definition) is 8. The Morgan fingerprint density at radius 3 is 2.73 bits per heavy atom. The second kappa shape index (κ2) is 9.55. The molecule has 9 nitrogen and oxygen atoms in total. The number of anilines is 1. The van der Waals surface area contributed by atoms with Crippen molar-refractivity contribution in [3.05, 3.63) is 66.1 Å². The second-order valence-electron chi connectivity index (χ2n) is 7.07. The van der Waals surface area contributed by atoms with Crippen LogP contribution in [0.15, 0.2) is 53.4 Å². The lowest BCUT2D eigenvalue weighted by Crippen LogP contribution is -2.28. The fraction of sp³-hybridized carbons (Fsp3) is 0.227. The molecular formula is C22H20F2N6O3. The van der Waals surface area contributed by atoms with Crippen LogP contribution in [0.2, 0.25) is 0 Å². The summed E-state index contributed by atoms with van der Waals surface area (Å²) in [6, 6.07) is 9.65. The summed E-state index contributed by atoms with van der Waals surface area (Å²) in [5.41, 5.74) is 1.75. The van der Waals surface area contributed by atoms with Crippen LogP contribution in [0, 0.1) is 11.6 Å². The third kappa shape index (κ3) is 4.86. The molecule has 0 saturated carbocycles. The van der Waals surface area contributed by atoms with Crippen LogP contribution in [-0.2, 0) is 16.1 Å². The van der Waals surface area contributed by atoms with Crippen LogP contribution in [0.1, 0.15) is 12.5 Å². The third-order valence-electron chi connectivity index (χ3n) is 4.75. The molecule has 170 valence electrons. The van der Waals surface area contributed by atoms with Crippen molar-refractivity contribution in [3.8, 4) is 22.9 Å². The molecule has 0 aliphatic rings. The summed E-state index contributed by atoms with van der Waals surface area (Å²) in [5, 5.41) is 8.44. The van der Waals surface area contributed by atoms with Crippen LogP contribution in [0.3, 0.4) is 0 Å². The fourth-order valence-electron chi connectivity index (χ4n) is 3.21. The number of ether oxygens (including phenoxy) is 1. The number of carbonyl (C=O) groups excluding carboxylic acids is 1. The maximum Gasteiger partial charge on any atom is 0.325 e. The van der Waals surface area contributed by atoms with E-state index in [0.717, 1.165) is 6.20 Å². The first-order valence-corrected chi connectivity index (χ1v) is 10.1. The Morgan fingerprint density at radius 1 is 1.18 bits per heavy atom. The normalized spacial score (nSPS) is 10.9. The second-order valence-corrected chi connectivity index (χ2v) is 7.07. The molecule has 3 heterocycles. The predicted molar refractivity (Wildman–Crippen MR) is 114 cm³/mol. The number of esters is 1. The van der Waals surface area contributed by atoms with E-state index < -0.39 is 11.8 Å². The molecule has 0 aliphatic carbocycles. The first-order valence-electron chi connectivity index (χ1n) is 10.1. The molecule has 0 N–H and O–H groups in total. The lowest BCUT2D eigenvalue weighted by atomic mass is 10.2. The molecule has 0 radical (unpaired) electrons. The third-order valence-corrected chi connectivity index (χ3v) is 4.75. The first-order chi connectivity index (χ1) is 16.0. The van der Waals surface area contributed by atoms with Gasteiger partial charge in [-0.2, -0.15) is 5.10 Å². The highest BCUT2D eigenvalue weighted by molar-refractivity contribution is 5.75. The molecule has 0 amide bonds. The van der Waals surface area contributed by atoms with Crippen molar-refractivity contribution >= 4 is 11.8 Å². The Labute approximate surface area is 187 Å². The molecule has 0 spiro atoms. The van der Waals surface area contributed by atoms with Gasteiger partial charge in [0.15, 0.2) is 17.5 Å². The van der Waals surface area contributed by atoms with E-state index in [1.807, 2.05) is 0 Å². The Balaban J connectivity index is 1.71. The van der Waals surface area contributed by atoms with Crippen LogP contribution >= 0.6 is 0 Å². The molecular weight excluding hydrogens is 434 g/mol. The molecule has 1 aromatic carbocycles. The number of halogens is 2. The summed E-state index contributed by atoms with van der Waals surface area (Å²) in [4.78, 5) is 21.4. The maximum absolute atomic E-state index is 14.4. The van der Waals surface area contributed by atoms with E-state index in [9.17, 15) is 13.6 Å². The van der Waals surface area contributed by atoms with Crippen molar-refractivity contribution in [2.45, 2.75) is 13.5 Å². The highest BCUT2D eigenvalue weighted by Crippen LogP contribution is 2.26. The Hall–Kier alpha value is -4.15. The molecule has 0 aliphatic heterocycles. The van der Waals surface area contributed by atoms with Crippen LogP contribution in [0.25, 0.3) is 22.9 Å². The monoisotopic (exact) mass is 454 g/mol. The van der Waals surface area contributed by atoms with Crippen LogP contribution < -0.4 is 4.90 Å². The summed E-state index contributed by atoms with van der Waals surface area (Å²) in [6.45, 7) is 1.83.